The number of morpholine rings is 1. The first kappa shape index (κ1) is 21.9. The number of fused-ring (bicyclic) bond motifs is 2. The van der Waals surface area contributed by atoms with Crippen LogP contribution in [0.1, 0.15) is 78.6 Å². The van der Waals surface area contributed by atoms with E-state index in [2.05, 4.69) is 6.58 Å². The number of amides is 1. The van der Waals surface area contributed by atoms with E-state index in [1.165, 1.54) is 19.3 Å². The molecule has 154 valence electrons. The quantitative estimate of drug-likeness (QED) is 0.423. The Morgan fingerprint density at radius 3 is 2.26 bits per heavy atom. The molecule has 0 saturated carbocycles. The first-order valence-corrected chi connectivity index (χ1v) is 10.5. The topological polar surface area (TPSA) is 55.8 Å². The Hall–Kier alpha value is -1.36. The van der Waals surface area contributed by atoms with Crippen LogP contribution in [0.25, 0.3) is 0 Å². The van der Waals surface area contributed by atoms with Gasteiger partial charge in [-0.05, 0) is 52.9 Å². The minimum Gasteiger partial charge on any atom is -0.444 e. The average molecular weight is 380 g/mol. The average Bonchev–Trinajstić information content (AvgIpc) is 2.58. The number of unbranched alkanes of at least 4 members (excludes halogenated alkanes) is 5. The fourth-order valence-corrected chi connectivity index (χ4v) is 4.11. The highest BCUT2D eigenvalue weighted by Crippen LogP contribution is 2.34. The van der Waals surface area contributed by atoms with Crippen molar-refractivity contribution in [1.29, 1.82) is 0 Å². The summed E-state index contributed by atoms with van der Waals surface area (Å²) in [5.41, 5.74) is -0.509. The highest BCUT2D eigenvalue weighted by Gasteiger charge is 2.44. The molecule has 2 unspecified atom stereocenters. The number of carbonyl (C=O) groups is 2. The fraction of sp³-hybridized carbons (Fsp3) is 0.818. The van der Waals surface area contributed by atoms with Gasteiger partial charge in [-0.3, -0.25) is 9.69 Å². The number of piperidine rings is 1. The summed E-state index contributed by atoms with van der Waals surface area (Å²) in [6.07, 6.45) is 10.6. The molecule has 2 atom stereocenters. The van der Waals surface area contributed by atoms with Gasteiger partial charge in [0.2, 0.25) is 0 Å². The Morgan fingerprint density at radius 1 is 1.07 bits per heavy atom. The number of hydrogen-bond acceptors (Lipinski definition) is 4. The molecule has 27 heavy (non-hydrogen) atoms. The highest BCUT2D eigenvalue weighted by molar-refractivity contribution is 5.81. The highest BCUT2D eigenvalue weighted by atomic mass is 16.6. The maximum absolute atomic E-state index is 12.7. The third-order valence-corrected chi connectivity index (χ3v) is 5.41. The molecule has 2 aliphatic heterocycles. The van der Waals surface area contributed by atoms with Gasteiger partial charge in [-0.2, -0.15) is 0 Å². The van der Waals surface area contributed by atoms with Crippen molar-refractivity contribution in [3.05, 3.63) is 12.7 Å². The molecular weight excluding hydrogens is 342 g/mol. The molecule has 5 heteroatoms. The number of rotatable bonds is 9. The second kappa shape index (κ2) is 10.3. The van der Waals surface area contributed by atoms with E-state index in [0.29, 0.717) is 38.3 Å². The molecule has 2 heterocycles. The Morgan fingerprint density at radius 2 is 1.67 bits per heavy atom. The minimum absolute atomic E-state index is 0.0415. The molecule has 0 radical (unpaired) electrons. The molecule has 0 spiro atoms. The van der Waals surface area contributed by atoms with Crippen molar-refractivity contribution in [2.45, 2.75) is 96.2 Å². The predicted molar refractivity (Wildman–Crippen MR) is 107 cm³/mol. The summed E-state index contributed by atoms with van der Waals surface area (Å²) < 4.78 is 11.2. The van der Waals surface area contributed by atoms with E-state index in [4.69, 9.17) is 9.47 Å². The van der Waals surface area contributed by atoms with Crippen LogP contribution >= 0.6 is 0 Å². The molecule has 0 aromatic rings. The van der Waals surface area contributed by atoms with Crippen molar-refractivity contribution >= 4 is 11.9 Å². The van der Waals surface area contributed by atoms with Gasteiger partial charge in [-0.25, -0.2) is 4.79 Å². The van der Waals surface area contributed by atoms with Gasteiger partial charge >= 0.3 is 6.09 Å². The second-order valence-electron chi connectivity index (χ2n) is 8.96. The molecule has 5 nitrogen and oxygen atoms in total. The molecule has 2 saturated heterocycles. The van der Waals surface area contributed by atoms with Crippen LogP contribution in [0.15, 0.2) is 12.7 Å². The van der Waals surface area contributed by atoms with Gasteiger partial charge in [0.15, 0.2) is 0 Å². The molecule has 2 rings (SSSR count). The summed E-state index contributed by atoms with van der Waals surface area (Å²) in [6, 6.07) is -0.0830. The number of carbonyl (C=O) groups excluding carboxylic acids is 2. The first-order chi connectivity index (χ1) is 12.8. The minimum atomic E-state index is -0.509. The Labute approximate surface area is 164 Å². The first-order valence-electron chi connectivity index (χ1n) is 10.5. The van der Waals surface area contributed by atoms with Crippen LogP contribution < -0.4 is 0 Å². The van der Waals surface area contributed by atoms with E-state index >= 15 is 0 Å². The number of ketones is 1. The van der Waals surface area contributed by atoms with Crippen molar-refractivity contribution in [3.8, 4) is 0 Å². The number of Topliss-reactive ketones (excluding diaryl/α,β-unsaturated/α-hetero) is 1. The second-order valence-corrected chi connectivity index (χ2v) is 8.96. The lowest BCUT2D eigenvalue weighted by molar-refractivity contribution is -0.132. The van der Waals surface area contributed by atoms with Crippen LogP contribution in [-0.2, 0) is 14.3 Å². The van der Waals surface area contributed by atoms with E-state index in [1.807, 2.05) is 31.7 Å². The fourth-order valence-electron chi connectivity index (χ4n) is 4.11. The van der Waals surface area contributed by atoms with E-state index in [0.717, 1.165) is 19.3 Å². The number of ether oxygens (including phenoxy) is 2. The molecule has 2 bridgehead atoms. The van der Waals surface area contributed by atoms with Gasteiger partial charge in [0.1, 0.15) is 11.4 Å². The third-order valence-electron chi connectivity index (χ3n) is 5.41. The maximum atomic E-state index is 12.7. The SMILES string of the molecule is C=CCCCCCCCC(=O)C1CC2COCC(C1)N2C(=O)OC(C)(C)C. The van der Waals surface area contributed by atoms with Crippen LogP contribution in [0.5, 0.6) is 0 Å². The van der Waals surface area contributed by atoms with Crippen molar-refractivity contribution in [2.75, 3.05) is 13.2 Å². The van der Waals surface area contributed by atoms with Crippen LogP contribution in [0.2, 0.25) is 0 Å². The summed E-state index contributed by atoms with van der Waals surface area (Å²) >= 11 is 0. The maximum Gasteiger partial charge on any atom is 0.410 e. The molecule has 0 N–H and O–H groups in total. The Bertz CT molecular complexity index is 497. The lowest BCUT2D eigenvalue weighted by Gasteiger charge is -2.47. The Kier molecular flexibility index (Phi) is 8.33. The van der Waals surface area contributed by atoms with Crippen molar-refractivity contribution in [3.63, 3.8) is 0 Å². The summed E-state index contributed by atoms with van der Waals surface area (Å²) in [4.78, 5) is 27.1. The lowest BCUT2D eigenvalue weighted by atomic mass is 9.81. The monoisotopic (exact) mass is 379 g/mol. The zero-order chi connectivity index (χ0) is 19.9. The largest absolute Gasteiger partial charge is 0.444 e. The normalized spacial score (nSPS) is 25.1. The Balaban J connectivity index is 1.79. The van der Waals surface area contributed by atoms with E-state index in [-0.39, 0.29) is 24.1 Å². The van der Waals surface area contributed by atoms with Gasteiger partial charge in [0, 0.05) is 12.3 Å². The summed E-state index contributed by atoms with van der Waals surface area (Å²) in [5, 5.41) is 0. The predicted octanol–water partition coefficient (Wildman–Crippen LogP) is 4.89. The zero-order valence-electron chi connectivity index (χ0n) is 17.4. The van der Waals surface area contributed by atoms with Crippen LogP contribution in [-0.4, -0.2) is 47.7 Å². The van der Waals surface area contributed by atoms with Gasteiger partial charge in [0.25, 0.3) is 0 Å². The lowest BCUT2D eigenvalue weighted by Crippen LogP contribution is -2.60. The summed E-state index contributed by atoms with van der Waals surface area (Å²) in [6.45, 7) is 10.4. The number of hydrogen-bond donors (Lipinski definition) is 0. The smallest absolute Gasteiger partial charge is 0.410 e. The number of nitrogens with zero attached hydrogens (tertiary/aromatic N) is 1. The molecule has 2 fully saturated rings. The molecule has 0 aromatic heterocycles. The molecule has 0 aromatic carbocycles. The molecule has 1 amide bonds. The van der Waals surface area contributed by atoms with Crippen molar-refractivity contribution in [1.82, 2.24) is 4.90 Å². The standard InChI is InChI=1S/C22H37NO4/c1-5-6-7-8-9-10-11-12-20(24)17-13-18-15-26-16-19(14-17)23(18)21(25)27-22(2,3)4/h5,17-19H,1,6-16H2,2-4H3. The molecular formula is C22H37NO4. The zero-order valence-corrected chi connectivity index (χ0v) is 17.4. The third kappa shape index (κ3) is 6.95. The van der Waals surface area contributed by atoms with E-state index < -0.39 is 5.60 Å². The van der Waals surface area contributed by atoms with E-state index in [9.17, 15) is 9.59 Å². The van der Waals surface area contributed by atoms with Crippen LogP contribution in [0, 0.1) is 5.92 Å². The van der Waals surface area contributed by atoms with Crippen LogP contribution in [0.4, 0.5) is 4.79 Å². The van der Waals surface area contributed by atoms with Gasteiger partial charge in [-0.1, -0.05) is 25.3 Å². The molecule has 2 aliphatic rings. The molecule has 0 aliphatic carbocycles. The van der Waals surface area contributed by atoms with Crippen molar-refractivity contribution < 1.29 is 19.1 Å². The van der Waals surface area contributed by atoms with Gasteiger partial charge in [0.05, 0.1) is 25.3 Å². The van der Waals surface area contributed by atoms with Crippen LogP contribution in [0.3, 0.4) is 0 Å². The van der Waals surface area contributed by atoms with Gasteiger partial charge < -0.3 is 9.47 Å². The summed E-state index contributed by atoms with van der Waals surface area (Å²) in [7, 11) is 0. The van der Waals surface area contributed by atoms with Gasteiger partial charge in [-0.15, -0.1) is 6.58 Å². The summed E-state index contributed by atoms with van der Waals surface area (Å²) in [5.74, 6) is 0.421. The van der Waals surface area contributed by atoms with Crippen molar-refractivity contribution in [2.24, 2.45) is 5.92 Å². The number of allylic oxidation sites excluding steroid dienone is 1. The van der Waals surface area contributed by atoms with E-state index in [1.54, 1.807) is 0 Å².